The number of nitro groups is 1. The zero-order valence-electron chi connectivity index (χ0n) is 12.5. The van der Waals surface area contributed by atoms with E-state index in [-0.39, 0.29) is 24.0 Å². The van der Waals surface area contributed by atoms with Crippen molar-refractivity contribution in [1.29, 1.82) is 0 Å². The number of carbonyl (C=O) groups excluding carboxylic acids is 1. The Hall–Kier alpha value is -2.90. The van der Waals surface area contributed by atoms with Gasteiger partial charge in [0.05, 0.1) is 23.6 Å². The normalized spacial score (nSPS) is 16.0. The van der Waals surface area contributed by atoms with Crippen molar-refractivity contribution in [3.63, 3.8) is 0 Å². The van der Waals surface area contributed by atoms with E-state index in [2.05, 4.69) is 4.98 Å². The van der Waals surface area contributed by atoms with Crippen LogP contribution < -0.4 is 4.74 Å². The third-order valence-electron chi connectivity index (χ3n) is 3.80. The van der Waals surface area contributed by atoms with Gasteiger partial charge in [-0.2, -0.15) is 0 Å². The Labute approximate surface area is 131 Å². The fourth-order valence-corrected chi connectivity index (χ4v) is 2.62. The molecule has 8 heteroatoms. The number of fused-ring (bicyclic) bond motifs is 1. The van der Waals surface area contributed by atoms with E-state index in [1.165, 1.54) is 30.0 Å². The van der Waals surface area contributed by atoms with Crippen LogP contribution >= 0.6 is 0 Å². The van der Waals surface area contributed by atoms with Gasteiger partial charge in [-0.05, 0) is 25.0 Å². The molecule has 120 valence electrons. The number of rotatable bonds is 4. The third-order valence-corrected chi connectivity index (χ3v) is 3.80. The summed E-state index contributed by atoms with van der Waals surface area (Å²) in [6.45, 7) is 0.252. The maximum atomic E-state index is 11.7. The van der Waals surface area contributed by atoms with E-state index in [9.17, 15) is 14.9 Å². The molecule has 0 spiro atoms. The molecule has 1 aliphatic rings. The van der Waals surface area contributed by atoms with Crippen LogP contribution in [0.3, 0.4) is 0 Å². The zero-order valence-corrected chi connectivity index (χ0v) is 12.5. The summed E-state index contributed by atoms with van der Waals surface area (Å²) in [6.07, 6.45) is 2.56. The van der Waals surface area contributed by atoms with E-state index in [1.54, 1.807) is 6.33 Å². The van der Waals surface area contributed by atoms with Crippen LogP contribution in [0, 0.1) is 16.0 Å². The first-order valence-corrected chi connectivity index (χ1v) is 7.11. The fraction of sp³-hybridized carbons (Fsp3) is 0.333. The molecule has 0 saturated carbocycles. The minimum Gasteiger partial charge on any atom is -0.434 e. The highest BCUT2D eigenvalue weighted by atomic mass is 16.7. The highest BCUT2D eigenvalue weighted by Gasteiger charge is 2.26. The number of carbonyl (C=O) groups is 1. The van der Waals surface area contributed by atoms with Gasteiger partial charge in [0.25, 0.3) is 5.69 Å². The second-order valence-corrected chi connectivity index (χ2v) is 5.44. The minimum absolute atomic E-state index is 0.0677. The molecule has 1 atom stereocenters. The van der Waals surface area contributed by atoms with Crippen LogP contribution in [0.1, 0.15) is 11.4 Å². The zero-order chi connectivity index (χ0) is 16.4. The van der Waals surface area contributed by atoms with Crippen LogP contribution in [0.4, 0.5) is 10.5 Å². The van der Waals surface area contributed by atoms with Crippen LogP contribution in [-0.2, 0) is 24.6 Å². The fourth-order valence-electron chi connectivity index (χ4n) is 2.62. The lowest BCUT2D eigenvalue weighted by Gasteiger charge is -2.10. The van der Waals surface area contributed by atoms with Crippen molar-refractivity contribution in [3.8, 4) is 5.75 Å². The number of aryl methyl sites for hydroxylation is 1. The summed E-state index contributed by atoms with van der Waals surface area (Å²) in [6, 6.07) is 5.24. The number of hydrogen-bond acceptors (Lipinski definition) is 6. The lowest BCUT2D eigenvalue weighted by molar-refractivity contribution is -0.384. The van der Waals surface area contributed by atoms with Gasteiger partial charge < -0.3 is 14.0 Å². The summed E-state index contributed by atoms with van der Waals surface area (Å²) in [7, 11) is 1.94. The van der Waals surface area contributed by atoms with E-state index in [0.717, 1.165) is 18.5 Å². The van der Waals surface area contributed by atoms with Gasteiger partial charge in [-0.3, -0.25) is 10.1 Å². The molecule has 2 aromatic rings. The van der Waals surface area contributed by atoms with Gasteiger partial charge in [0.15, 0.2) is 0 Å². The number of aromatic nitrogens is 2. The van der Waals surface area contributed by atoms with Crippen molar-refractivity contribution in [2.45, 2.75) is 12.8 Å². The Morgan fingerprint density at radius 3 is 2.78 bits per heavy atom. The number of imidazole rings is 1. The molecule has 0 amide bonds. The Morgan fingerprint density at radius 2 is 2.13 bits per heavy atom. The molecule has 23 heavy (non-hydrogen) atoms. The molecule has 1 aromatic heterocycles. The Morgan fingerprint density at radius 1 is 1.39 bits per heavy atom. The lowest BCUT2D eigenvalue weighted by atomic mass is 10.1. The number of benzene rings is 1. The smallest absolute Gasteiger partial charge is 0.434 e. The summed E-state index contributed by atoms with van der Waals surface area (Å²) in [5, 5.41) is 10.5. The number of nitrogens with zero attached hydrogens (tertiary/aromatic N) is 3. The van der Waals surface area contributed by atoms with Crippen molar-refractivity contribution < 1.29 is 19.2 Å². The average Bonchev–Trinajstić information content (AvgIpc) is 3.08. The summed E-state index contributed by atoms with van der Waals surface area (Å²) in [5.74, 6) is 0.404. The Bertz CT molecular complexity index is 738. The van der Waals surface area contributed by atoms with Gasteiger partial charge >= 0.3 is 6.16 Å². The second kappa shape index (κ2) is 6.07. The molecule has 0 N–H and O–H groups in total. The van der Waals surface area contributed by atoms with Gasteiger partial charge in [-0.15, -0.1) is 0 Å². The number of ether oxygens (including phenoxy) is 2. The predicted molar refractivity (Wildman–Crippen MR) is 79.2 cm³/mol. The van der Waals surface area contributed by atoms with Gasteiger partial charge in [-0.1, -0.05) is 0 Å². The second-order valence-electron chi connectivity index (χ2n) is 5.44. The monoisotopic (exact) mass is 317 g/mol. The van der Waals surface area contributed by atoms with Gasteiger partial charge in [0.1, 0.15) is 5.75 Å². The molecule has 0 radical (unpaired) electrons. The number of non-ortho nitro benzene ring substituents is 1. The first-order valence-electron chi connectivity index (χ1n) is 7.11. The van der Waals surface area contributed by atoms with Gasteiger partial charge in [-0.25, -0.2) is 9.78 Å². The summed E-state index contributed by atoms with van der Waals surface area (Å²) >= 11 is 0. The van der Waals surface area contributed by atoms with Crippen LogP contribution in [0.2, 0.25) is 0 Å². The highest BCUT2D eigenvalue weighted by Crippen LogP contribution is 2.25. The van der Waals surface area contributed by atoms with Crippen LogP contribution in [0.25, 0.3) is 0 Å². The topological polar surface area (TPSA) is 96.5 Å². The van der Waals surface area contributed by atoms with Gasteiger partial charge in [0.2, 0.25) is 0 Å². The predicted octanol–water partition coefficient (Wildman–Crippen LogP) is 2.26. The van der Waals surface area contributed by atoms with Crippen LogP contribution in [0.15, 0.2) is 30.6 Å². The van der Waals surface area contributed by atoms with Crippen molar-refractivity contribution in [2.75, 3.05) is 6.61 Å². The summed E-state index contributed by atoms with van der Waals surface area (Å²) < 4.78 is 12.1. The molecule has 0 bridgehead atoms. The van der Waals surface area contributed by atoms with Crippen molar-refractivity contribution in [2.24, 2.45) is 13.0 Å². The molecule has 1 unspecified atom stereocenters. The van der Waals surface area contributed by atoms with Crippen molar-refractivity contribution >= 4 is 11.8 Å². The lowest BCUT2D eigenvalue weighted by Crippen LogP contribution is -2.18. The van der Waals surface area contributed by atoms with E-state index >= 15 is 0 Å². The Kier molecular flexibility index (Phi) is 3.96. The van der Waals surface area contributed by atoms with Gasteiger partial charge in [0, 0.05) is 30.8 Å². The molecule has 1 aliphatic carbocycles. The molecule has 0 fully saturated rings. The third kappa shape index (κ3) is 3.31. The Balaban J connectivity index is 1.48. The first kappa shape index (κ1) is 15.0. The van der Waals surface area contributed by atoms with Crippen LogP contribution in [-0.4, -0.2) is 27.2 Å². The SMILES string of the molecule is Cn1cnc2c1CC(COC(=O)Oc1ccc([N+](=O)[O-])cc1)C2. The maximum absolute atomic E-state index is 11.7. The minimum atomic E-state index is -0.817. The van der Waals surface area contributed by atoms with Crippen LogP contribution in [0.5, 0.6) is 5.75 Å². The highest BCUT2D eigenvalue weighted by molar-refractivity contribution is 5.64. The van der Waals surface area contributed by atoms with E-state index in [1.807, 2.05) is 11.6 Å². The standard InChI is InChI=1S/C15H15N3O5/c1-17-9-16-13-6-10(7-14(13)17)8-22-15(19)23-12-4-2-11(3-5-12)18(20)21/h2-5,9-10H,6-8H2,1H3. The molecule has 8 nitrogen and oxygen atoms in total. The van der Waals surface area contributed by atoms with E-state index < -0.39 is 11.1 Å². The molecular weight excluding hydrogens is 302 g/mol. The van der Waals surface area contributed by atoms with Crippen molar-refractivity contribution in [1.82, 2.24) is 9.55 Å². The molecule has 0 saturated heterocycles. The molecule has 1 aromatic carbocycles. The van der Waals surface area contributed by atoms with Crippen molar-refractivity contribution in [3.05, 3.63) is 52.1 Å². The van der Waals surface area contributed by atoms with E-state index in [4.69, 9.17) is 9.47 Å². The van der Waals surface area contributed by atoms with E-state index in [0.29, 0.717) is 0 Å². The summed E-state index contributed by atoms with van der Waals surface area (Å²) in [5.41, 5.74) is 2.15. The molecule has 1 heterocycles. The maximum Gasteiger partial charge on any atom is 0.513 e. The number of hydrogen-bond donors (Lipinski definition) is 0. The average molecular weight is 317 g/mol. The largest absolute Gasteiger partial charge is 0.513 e. The molecule has 0 aliphatic heterocycles. The first-order chi connectivity index (χ1) is 11.0. The number of nitro benzene ring substituents is 1. The quantitative estimate of drug-likeness (QED) is 0.371. The molecule has 3 rings (SSSR count). The molecular formula is C15H15N3O5. The summed E-state index contributed by atoms with van der Waals surface area (Å²) in [4.78, 5) is 26.0.